The van der Waals surface area contributed by atoms with Gasteiger partial charge in [0.25, 0.3) is 23.3 Å². The second kappa shape index (κ2) is 12.5. The van der Waals surface area contributed by atoms with Crippen molar-refractivity contribution in [3.8, 4) is 23.1 Å². The van der Waals surface area contributed by atoms with Gasteiger partial charge in [-0.05, 0) is 86.9 Å². The molecule has 1 saturated heterocycles. The molecule has 0 unspecified atom stereocenters. The molecule has 6 rings (SSSR count). The smallest absolute Gasteiger partial charge is 0.282 e. The van der Waals surface area contributed by atoms with E-state index in [1.54, 1.807) is 30.7 Å². The van der Waals surface area contributed by atoms with Crippen molar-refractivity contribution in [1.29, 1.82) is 5.26 Å². The Morgan fingerprint density at radius 1 is 1.11 bits per heavy atom. The maximum absolute atomic E-state index is 14.5. The highest BCUT2D eigenvalue weighted by Gasteiger charge is 2.46. The Kier molecular flexibility index (Phi) is 8.57. The predicted molar refractivity (Wildman–Crippen MR) is 167 cm³/mol. The van der Waals surface area contributed by atoms with Crippen LogP contribution in [0.1, 0.15) is 83.8 Å². The van der Waals surface area contributed by atoms with Gasteiger partial charge >= 0.3 is 0 Å². The van der Waals surface area contributed by atoms with Crippen LogP contribution >= 0.6 is 0 Å². The summed E-state index contributed by atoms with van der Waals surface area (Å²) in [5.41, 5.74) is -0.251. The quantitative estimate of drug-likeness (QED) is 0.291. The molecule has 3 aliphatic rings. The second-order valence-corrected chi connectivity index (χ2v) is 12.9. The number of nitriles is 1. The van der Waals surface area contributed by atoms with Crippen LogP contribution in [0.2, 0.25) is 0 Å². The Hall–Kier alpha value is -4.70. The monoisotopic (exact) mass is 648 g/mol. The maximum atomic E-state index is 14.5. The molecule has 0 radical (unpaired) electrons. The summed E-state index contributed by atoms with van der Waals surface area (Å²) in [6.45, 7) is 2.56. The molecule has 2 aromatic heterocycles. The van der Waals surface area contributed by atoms with Gasteiger partial charge in [-0.1, -0.05) is 6.07 Å². The average molecular weight is 649 g/mol. The van der Waals surface area contributed by atoms with Crippen molar-refractivity contribution in [2.75, 3.05) is 25.0 Å². The van der Waals surface area contributed by atoms with Gasteiger partial charge in [0.1, 0.15) is 17.1 Å². The molecule has 2 amide bonds. The first-order chi connectivity index (χ1) is 22.3. The summed E-state index contributed by atoms with van der Waals surface area (Å²) in [5, 5.41) is 15.3. The third kappa shape index (κ3) is 7.17. The van der Waals surface area contributed by atoms with E-state index in [4.69, 9.17) is 4.74 Å². The number of rotatable bonds is 11. The number of hydrogen-bond donors (Lipinski definition) is 2. The molecule has 3 aromatic rings. The third-order valence-electron chi connectivity index (χ3n) is 8.53. The largest absolute Gasteiger partial charge is 0.475 e. The van der Waals surface area contributed by atoms with Crippen molar-refractivity contribution < 1.29 is 27.5 Å². The Labute approximate surface area is 269 Å². The first-order valence-electron chi connectivity index (χ1n) is 15.7. The molecule has 1 aromatic carbocycles. The highest BCUT2D eigenvalue weighted by molar-refractivity contribution is 6.05. The average Bonchev–Trinajstić information content (AvgIpc) is 3.84. The van der Waals surface area contributed by atoms with Gasteiger partial charge in [-0.3, -0.25) is 14.4 Å². The molecule has 10 nitrogen and oxygen atoms in total. The molecular formula is C34H35F3N6O4. The molecule has 246 valence electrons. The molecule has 47 heavy (non-hydrogen) atoms. The number of ether oxygens (including phenoxy) is 1. The highest BCUT2D eigenvalue weighted by Crippen LogP contribution is 2.36. The lowest BCUT2D eigenvalue weighted by atomic mass is 9.82. The minimum absolute atomic E-state index is 0.0145. The van der Waals surface area contributed by atoms with Crippen LogP contribution in [-0.4, -0.2) is 63.6 Å². The van der Waals surface area contributed by atoms with Gasteiger partial charge in [-0.2, -0.15) is 10.2 Å². The van der Waals surface area contributed by atoms with Crippen molar-refractivity contribution in [2.45, 2.75) is 76.2 Å². The lowest BCUT2D eigenvalue weighted by Crippen LogP contribution is -2.58. The Morgan fingerprint density at radius 3 is 2.47 bits per heavy atom. The number of amides is 2. The predicted octanol–water partition coefficient (Wildman–Crippen LogP) is 5.23. The van der Waals surface area contributed by atoms with Crippen molar-refractivity contribution in [3.05, 3.63) is 75.2 Å². The zero-order chi connectivity index (χ0) is 33.5. The zero-order valence-electron chi connectivity index (χ0n) is 26.1. The summed E-state index contributed by atoms with van der Waals surface area (Å²) >= 11 is 0. The van der Waals surface area contributed by atoms with E-state index in [9.17, 15) is 32.8 Å². The van der Waals surface area contributed by atoms with E-state index >= 15 is 0 Å². The Bertz CT molecular complexity index is 1820. The van der Waals surface area contributed by atoms with Gasteiger partial charge in [0.05, 0.1) is 30.8 Å². The molecule has 3 fully saturated rings. The molecule has 0 spiro atoms. The minimum atomic E-state index is -2.98. The number of carbonyl (C=O) groups excluding carboxylic acids is 2. The van der Waals surface area contributed by atoms with E-state index in [0.29, 0.717) is 29.5 Å². The number of benzene rings is 1. The van der Waals surface area contributed by atoms with Crippen LogP contribution in [0.4, 0.5) is 19.0 Å². The molecule has 0 atom stereocenters. The first-order valence-corrected chi connectivity index (χ1v) is 15.7. The second-order valence-electron chi connectivity index (χ2n) is 12.9. The standard InChI is InChI=1S/C34H35F3N6O4/c1-20(2)47-29-13-23(25-7-4-21(14-38)10-26(25)31(45)42-18-34(36,37)19-42)12-28(40-29)41-30(44)27-11-22(15-39-17-33(35)8-3-9-33)16-43(32(27)46)24-5-6-24/h4,7,10-13,16,20,24,39H,3,5-6,8-9,15,17-19H2,1-2H3,(H,40,41,44). The van der Waals surface area contributed by atoms with E-state index < -0.39 is 42.1 Å². The van der Waals surface area contributed by atoms with Crippen LogP contribution in [0.15, 0.2) is 47.4 Å². The van der Waals surface area contributed by atoms with Gasteiger partial charge in [0.2, 0.25) is 5.88 Å². The lowest BCUT2D eigenvalue weighted by molar-refractivity contribution is -0.113. The molecule has 2 saturated carbocycles. The molecule has 0 bridgehead atoms. The van der Waals surface area contributed by atoms with Crippen molar-refractivity contribution >= 4 is 17.6 Å². The van der Waals surface area contributed by atoms with E-state index in [-0.39, 0.29) is 53.6 Å². The van der Waals surface area contributed by atoms with Crippen LogP contribution in [0.3, 0.4) is 0 Å². The molecule has 1 aliphatic heterocycles. The number of pyridine rings is 2. The zero-order valence-corrected chi connectivity index (χ0v) is 26.1. The molecule has 2 N–H and O–H groups in total. The van der Waals surface area contributed by atoms with Crippen LogP contribution in [0.5, 0.6) is 5.88 Å². The summed E-state index contributed by atoms with van der Waals surface area (Å²) in [6.07, 6.45) is 4.89. The molecule has 13 heteroatoms. The van der Waals surface area contributed by atoms with Crippen LogP contribution in [0.25, 0.3) is 11.1 Å². The number of nitrogens with one attached hydrogen (secondary N) is 2. The summed E-state index contributed by atoms with van der Waals surface area (Å²) in [5.74, 6) is -4.24. The fourth-order valence-corrected chi connectivity index (χ4v) is 5.79. The van der Waals surface area contributed by atoms with Gasteiger partial charge in [-0.25, -0.2) is 13.2 Å². The Morgan fingerprint density at radius 2 is 1.85 bits per heavy atom. The highest BCUT2D eigenvalue weighted by atomic mass is 19.3. The van der Waals surface area contributed by atoms with Crippen molar-refractivity contribution in [1.82, 2.24) is 19.8 Å². The number of nitrogens with zero attached hydrogens (tertiary/aromatic N) is 4. The van der Waals surface area contributed by atoms with E-state index in [0.717, 1.165) is 24.2 Å². The number of halogens is 3. The van der Waals surface area contributed by atoms with Crippen LogP contribution < -0.4 is 20.9 Å². The minimum Gasteiger partial charge on any atom is -0.475 e. The molecular weight excluding hydrogens is 613 g/mol. The van der Waals surface area contributed by atoms with Crippen LogP contribution in [0, 0.1) is 11.3 Å². The third-order valence-corrected chi connectivity index (χ3v) is 8.53. The van der Waals surface area contributed by atoms with E-state index in [1.165, 1.54) is 30.3 Å². The van der Waals surface area contributed by atoms with Gasteiger partial charge in [-0.15, -0.1) is 0 Å². The number of hydrogen-bond acceptors (Lipinski definition) is 7. The topological polar surface area (TPSA) is 129 Å². The number of aromatic nitrogens is 2. The van der Waals surface area contributed by atoms with Gasteiger partial charge in [0, 0.05) is 37.0 Å². The number of anilines is 1. The number of likely N-dealkylation sites (tertiary alicyclic amines) is 1. The number of alkyl halides is 3. The fraction of sp³-hybridized carbons (Fsp3) is 0.441. The molecule has 3 heterocycles. The fourth-order valence-electron chi connectivity index (χ4n) is 5.79. The Balaban J connectivity index is 1.32. The normalized spacial score (nSPS) is 17.8. The van der Waals surface area contributed by atoms with Crippen LogP contribution in [-0.2, 0) is 6.54 Å². The van der Waals surface area contributed by atoms with E-state index in [2.05, 4.69) is 15.6 Å². The van der Waals surface area contributed by atoms with Crippen molar-refractivity contribution in [3.63, 3.8) is 0 Å². The summed E-state index contributed by atoms with van der Waals surface area (Å²) in [7, 11) is 0. The SMILES string of the molecule is CC(C)Oc1cc(-c2ccc(C#N)cc2C(=O)N2CC(F)(F)C2)cc(NC(=O)c2cc(CNCC3(F)CCC3)cn(C3CC3)c2=O)n1. The van der Waals surface area contributed by atoms with Gasteiger partial charge < -0.3 is 24.8 Å². The van der Waals surface area contributed by atoms with Gasteiger partial charge in [0.15, 0.2) is 0 Å². The number of carbonyl (C=O) groups is 2. The maximum Gasteiger partial charge on any atom is 0.282 e. The van der Waals surface area contributed by atoms with E-state index in [1.807, 2.05) is 6.07 Å². The lowest BCUT2D eigenvalue weighted by Gasteiger charge is -2.39. The summed E-state index contributed by atoms with van der Waals surface area (Å²) in [6, 6.07) is 10.8. The van der Waals surface area contributed by atoms with Crippen molar-refractivity contribution in [2.24, 2.45) is 0 Å². The summed E-state index contributed by atoms with van der Waals surface area (Å²) < 4.78 is 49.2. The summed E-state index contributed by atoms with van der Waals surface area (Å²) in [4.78, 5) is 45.8. The molecule has 2 aliphatic carbocycles. The first kappa shape index (κ1) is 32.2.